The first-order chi connectivity index (χ1) is 8.45. The maximum absolute atomic E-state index is 11.0. The summed E-state index contributed by atoms with van der Waals surface area (Å²) in [6.07, 6.45) is -0.264. The van der Waals surface area contributed by atoms with Gasteiger partial charge >= 0.3 is 5.97 Å². The van der Waals surface area contributed by atoms with Crippen molar-refractivity contribution in [1.29, 1.82) is 0 Å². The van der Waals surface area contributed by atoms with E-state index >= 15 is 0 Å². The fourth-order valence-corrected chi connectivity index (χ4v) is 1.83. The Morgan fingerprint density at radius 1 is 1.61 bits per heavy atom. The summed E-state index contributed by atoms with van der Waals surface area (Å²) in [4.78, 5) is 21.8. The molecule has 7 nitrogen and oxygen atoms in total. The van der Waals surface area contributed by atoms with E-state index in [1.807, 2.05) is 0 Å². The van der Waals surface area contributed by atoms with Crippen molar-refractivity contribution in [2.45, 2.75) is 38.0 Å². The topological polar surface area (TPSA) is 116 Å². The van der Waals surface area contributed by atoms with Gasteiger partial charge < -0.3 is 25.4 Å². The molecule has 1 amide bonds. The Morgan fingerprint density at radius 3 is 2.78 bits per heavy atom. The highest BCUT2D eigenvalue weighted by Crippen LogP contribution is 2.22. The van der Waals surface area contributed by atoms with Crippen LogP contribution in [0.5, 0.6) is 0 Å². The first-order valence-corrected chi connectivity index (χ1v) is 5.61. The van der Waals surface area contributed by atoms with Crippen LogP contribution in [0, 0.1) is 0 Å². The van der Waals surface area contributed by atoms with E-state index in [-0.39, 0.29) is 31.1 Å². The number of nitrogens with one attached hydrogen (secondary N) is 1. The van der Waals surface area contributed by atoms with Crippen molar-refractivity contribution in [3.05, 3.63) is 11.8 Å². The third-order valence-electron chi connectivity index (χ3n) is 2.62. The third kappa shape index (κ3) is 3.71. The van der Waals surface area contributed by atoms with Gasteiger partial charge in [-0.2, -0.15) is 0 Å². The Hall–Kier alpha value is -1.60. The molecular formula is C11H17NO6. The van der Waals surface area contributed by atoms with Gasteiger partial charge in [-0.3, -0.25) is 4.79 Å². The number of carbonyl (C=O) groups is 2. The number of aliphatic hydroxyl groups is 2. The number of rotatable bonds is 5. The summed E-state index contributed by atoms with van der Waals surface area (Å²) in [5.41, 5.74) is 0. The molecule has 3 atom stereocenters. The molecule has 1 heterocycles. The molecule has 0 fully saturated rings. The highest BCUT2D eigenvalue weighted by molar-refractivity contribution is 5.84. The zero-order valence-electron chi connectivity index (χ0n) is 10.00. The lowest BCUT2D eigenvalue weighted by Gasteiger charge is -2.34. The summed E-state index contributed by atoms with van der Waals surface area (Å²) < 4.78 is 5.16. The van der Waals surface area contributed by atoms with E-state index in [1.165, 1.54) is 13.0 Å². The van der Waals surface area contributed by atoms with Gasteiger partial charge in [0.25, 0.3) is 0 Å². The van der Waals surface area contributed by atoms with Crippen molar-refractivity contribution in [2.24, 2.45) is 0 Å². The monoisotopic (exact) mass is 259 g/mol. The summed E-state index contributed by atoms with van der Waals surface area (Å²) >= 11 is 0. The molecule has 0 bridgehead atoms. The van der Waals surface area contributed by atoms with E-state index in [1.54, 1.807) is 0 Å². The summed E-state index contributed by atoms with van der Waals surface area (Å²) in [7, 11) is 0. The molecule has 4 N–H and O–H groups in total. The van der Waals surface area contributed by atoms with E-state index in [9.17, 15) is 14.7 Å². The smallest absolute Gasteiger partial charge is 0.370 e. The number of aliphatic carboxylic acids is 1. The quantitative estimate of drug-likeness (QED) is 0.503. The molecule has 0 aromatic heterocycles. The number of amides is 1. The van der Waals surface area contributed by atoms with Gasteiger partial charge in [0.1, 0.15) is 6.10 Å². The lowest BCUT2D eigenvalue weighted by Crippen LogP contribution is -2.51. The van der Waals surface area contributed by atoms with Gasteiger partial charge in [0, 0.05) is 20.0 Å². The lowest BCUT2D eigenvalue weighted by molar-refractivity contribution is -0.141. The Kier molecular flexibility index (Phi) is 5.11. The van der Waals surface area contributed by atoms with Crippen LogP contribution in [0.1, 0.15) is 19.8 Å². The number of hydrogen-bond acceptors (Lipinski definition) is 5. The molecule has 0 aromatic carbocycles. The van der Waals surface area contributed by atoms with Crippen LogP contribution in [0.4, 0.5) is 0 Å². The first kappa shape index (κ1) is 14.5. The van der Waals surface area contributed by atoms with Crippen LogP contribution in [0.3, 0.4) is 0 Å². The molecule has 0 aliphatic carbocycles. The van der Waals surface area contributed by atoms with Gasteiger partial charge in [0.15, 0.2) is 0 Å². The highest BCUT2D eigenvalue weighted by Gasteiger charge is 2.35. The minimum absolute atomic E-state index is 0.0493. The summed E-state index contributed by atoms with van der Waals surface area (Å²) in [6, 6.07) is -0.507. The maximum atomic E-state index is 11.0. The normalized spacial score (nSPS) is 24.7. The van der Waals surface area contributed by atoms with Crippen LogP contribution in [-0.4, -0.2) is 52.1 Å². The van der Waals surface area contributed by atoms with Crippen molar-refractivity contribution >= 4 is 11.9 Å². The molecule has 7 heteroatoms. The molecular weight excluding hydrogens is 242 g/mol. The van der Waals surface area contributed by atoms with Crippen molar-refractivity contribution in [3.8, 4) is 0 Å². The minimum Gasteiger partial charge on any atom is -0.478 e. The number of ether oxygens (including phenoxy) is 1. The second-order valence-corrected chi connectivity index (χ2v) is 4.08. The van der Waals surface area contributed by atoms with Crippen molar-refractivity contribution < 1.29 is 29.6 Å². The molecule has 1 aliphatic heterocycles. The van der Waals surface area contributed by atoms with Gasteiger partial charge in [-0.25, -0.2) is 4.79 Å². The highest BCUT2D eigenvalue weighted by atomic mass is 16.5. The molecule has 0 saturated carbocycles. The number of carboxylic acids is 1. The van der Waals surface area contributed by atoms with Gasteiger partial charge in [0.05, 0.1) is 12.1 Å². The zero-order valence-corrected chi connectivity index (χ0v) is 10.00. The predicted molar refractivity (Wildman–Crippen MR) is 60.5 cm³/mol. The van der Waals surface area contributed by atoms with Crippen molar-refractivity contribution in [1.82, 2.24) is 5.32 Å². The fraction of sp³-hybridized carbons (Fsp3) is 0.636. The van der Waals surface area contributed by atoms with Crippen molar-refractivity contribution in [3.63, 3.8) is 0 Å². The maximum Gasteiger partial charge on any atom is 0.370 e. The van der Waals surface area contributed by atoms with Crippen molar-refractivity contribution in [2.75, 3.05) is 6.61 Å². The van der Waals surface area contributed by atoms with Gasteiger partial charge in [0.2, 0.25) is 11.7 Å². The molecule has 18 heavy (non-hydrogen) atoms. The lowest BCUT2D eigenvalue weighted by atomic mass is 9.97. The van der Waals surface area contributed by atoms with Crippen LogP contribution in [0.2, 0.25) is 0 Å². The van der Waals surface area contributed by atoms with Crippen LogP contribution < -0.4 is 5.32 Å². The van der Waals surface area contributed by atoms with Gasteiger partial charge in [-0.1, -0.05) is 0 Å². The summed E-state index contributed by atoms with van der Waals surface area (Å²) in [5.74, 6) is -1.77. The number of carboxylic acid groups (broad SMARTS) is 1. The van der Waals surface area contributed by atoms with Crippen LogP contribution in [0.15, 0.2) is 11.8 Å². The molecule has 102 valence electrons. The zero-order chi connectivity index (χ0) is 13.7. The predicted octanol–water partition coefficient (Wildman–Crippen LogP) is -1.01. The number of aliphatic hydroxyl groups excluding tert-OH is 2. The largest absolute Gasteiger partial charge is 0.478 e. The fourth-order valence-electron chi connectivity index (χ4n) is 1.83. The molecule has 0 radical (unpaired) electrons. The van der Waals surface area contributed by atoms with Crippen LogP contribution in [-0.2, 0) is 14.3 Å². The third-order valence-corrected chi connectivity index (χ3v) is 2.62. The molecule has 0 saturated heterocycles. The van der Waals surface area contributed by atoms with E-state index in [2.05, 4.69) is 5.32 Å². The molecule has 0 aromatic rings. The van der Waals surface area contributed by atoms with Gasteiger partial charge in [-0.05, 0) is 12.5 Å². The number of hydrogen-bond donors (Lipinski definition) is 4. The Morgan fingerprint density at radius 2 is 2.28 bits per heavy atom. The summed E-state index contributed by atoms with van der Waals surface area (Å²) in [6.45, 7) is 1.08. The Labute approximate surface area is 104 Å². The average molecular weight is 259 g/mol. The average Bonchev–Trinajstić information content (AvgIpc) is 2.28. The SMILES string of the molecule is CC(=O)N[C@@H]1CC=C(C(=O)O)O[C@H]1[C@H](O)CCO. The molecule has 1 aliphatic rings. The minimum atomic E-state index is -1.22. The van der Waals surface area contributed by atoms with Gasteiger partial charge in [-0.15, -0.1) is 0 Å². The Balaban J connectivity index is 2.81. The van der Waals surface area contributed by atoms with E-state index in [4.69, 9.17) is 14.9 Å². The van der Waals surface area contributed by atoms with E-state index in [0.717, 1.165) is 0 Å². The molecule has 0 spiro atoms. The van der Waals surface area contributed by atoms with E-state index in [0.29, 0.717) is 0 Å². The second kappa shape index (κ2) is 6.36. The Bertz CT molecular complexity index is 353. The number of carbonyl (C=O) groups excluding carboxylic acids is 1. The second-order valence-electron chi connectivity index (χ2n) is 4.08. The standard InChI is InChI=1S/C11H17NO6/c1-6(14)12-7-2-3-9(11(16)17)18-10(7)8(15)4-5-13/h3,7-8,10,13,15H,2,4-5H2,1H3,(H,12,14)(H,16,17)/t7-,8-,10-/m1/s1. The van der Waals surface area contributed by atoms with E-state index < -0.39 is 24.2 Å². The van der Waals surface area contributed by atoms with Crippen LogP contribution in [0.25, 0.3) is 0 Å². The molecule has 0 unspecified atom stereocenters. The summed E-state index contributed by atoms with van der Waals surface area (Å²) in [5, 5.41) is 30.0. The van der Waals surface area contributed by atoms with Crippen LogP contribution >= 0.6 is 0 Å². The first-order valence-electron chi connectivity index (χ1n) is 5.61. The molecule has 1 rings (SSSR count).